The Morgan fingerprint density at radius 3 is 1.30 bits per heavy atom. The van der Waals surface area contributed by atoms with Crippen LogP contribution in [0, 0.1) is 0 Å². The monoisotopic (exact) mass is 144 g/mol. The van der Waals surface area contributed by atoms with Crippen LogP contribution in [0.4, 0.5) is 0 Å². The molecule has 0 unspecified atom stereocenters. The molecule has 0 aromatic rings. The third-order valence-corrected chi connectivity index (χ3v) is 0.641. The van der Waals surface area contributed by atoms with E-state index >= 15 is 0 Å². The summed E-state index contributed by atoms with van der Waals surface area (Å²) in [4.78, 5) is 19.6. The predicted octanol–water partition coefficient (Wildman–Crippen LogP) is 1.27. The summed E-state index contributed by atoms with van der Waals surface area (Å²) in [5.74, 6) is -1.12. The maximum absolute atomic E-state index is 9.81. The number of ether oxygens (including phenoxy) is 1. The first-order chi connectivity index (χ1) is 4.63. The van der Waals surface area contributed by atoms with E-state index in [2.05, 4.69) is 4.74 Å². The van der Waals surface area contributed by atoms with Gasteiger partial charge in [-0.15, -0.1) is 0 Å². The lowest BCUT2D eigenvalue weighted by molar-refractivity contribution is -0.156. The van der Waals surface area contributed by atoms with E-state index in [0.29, 0.717) is 0 Å². The van der Waals surface area contributed by atoms with Gasteiger partial charge in [0.25, 0.3) is 0 Å². The van der Waals surface area contributed by atoms with Gasteiger partial charge in [-0.25, -0.2) is 0 Å². The normalized spacial score (nSPS) is 12.6. The third kappa shape index (κ3) is 15.7. The second kappa shape index (κ2) is 4.97. The molecule has 1 rings (SSSR count). The summed E-state index contributed by atoms with van der Waals surface area (Å²) in [6, 6.07) is 0. The van der Waals surface area contributed by atoms with E-state index in [4.69, 9.17) is 0 Å². The minimum atomic E-state index is -0.562. The second-order valence-corrected chi connectivity index (χ2v) is 2.15. The molecule has 0 aromatic heterocycles. The van der Waals surface area contributed by atoms with Crippen LogP contribution in [0.1, 0.15) is 33.1 Å². The fourth-order valence-corrected chi connectivity index (χ4v) is 0.202. The second-order valence-electron chi connectivity index (χ2n) is 2.15. The zero-order chi connectivity index (χ0) is 7.98. The van der Waals surface area contributed by atoms with Gasteiger partial charge in [0.1, 0.15) is 0 Å². The first kappa shape index (κ1) is 9.14. The molecule has 3 heteroatoms. The summed E-state index contributed by atoms with van der Waals surface area (Å²) in [6.07, 6.45) is 4.50. The maximum Gasteiger partial charge on any atom is 0.310 e. The van der Waals surface area contributed by atoms with Crippen LogP contribution in [-0.4, -0.2) is 11.9 Å². The molecule has 1 aliphatic rings. The molecule has 58 valence electrons. The van der Waals surface area contributed by atoms with E-state index in [1.165, 1.54) is 33.1 Å². The Labute approximate surface area is 60.4 Å². The summed E-state index contributed by atoms with van der Waals surface area (Å²) < 4.78 is 3.97. The molecule has 0 amide bonds. The van der Waals surface area contributed by atoms with Gasteiger partial charge in [-0.05, 0) is 0 Å². The van der Waals surface area contributed by atoms with Gasteiger partial charge < -0.3 is 4.74 Å². The molecule has 10 heavy (non-hydrogen) atoms. The smallest absolute Gasteiger partial charge is 0.310 e. The highest BCUT2D eigenvalue weighted by Gasteiger charge is 1.95. The zero-order valence-electron chi connectivity index (χ0n) is 6.35. The molecule has 0 saturated heterocycles. The third-order valence-electron chi connectivity index (χ3n) is 0.641. The molecule has 0 aliphatic heterocycles. The highest BCUT2D eigenvalue weighted by Crippen LogP contribution is 2.14. The average molecular weight is 144 g/mol. The van der Waals surface area contributed by atoms with Crippen LogP contribution in [-0.2, 0) is 14.3 Å². The van der Waals surface area contributed by atoms with Crippen molar-refractivity contribution in [2.75, 3.05) is 0 Å². The summed E-state index contributed by atoms with van der Waals surface area (Å²) in [5.41, 5.74) is 0. The highest BCUT2D eigenvalue weighted by atomic mass is 16.6. The minimum Gasteiger partial charge on any atom is -0.394 e. The van der Waals surface area contributed by atoms with Crippen LogP contribution < -0.4 is 0 Å². The molecule has 0 spiro atoms. The van der Waals surface area contributed by atoms with E-state index in [1.807, 2.05) is 0 Å². The summed E-state index contributed by atoms with van der Waals surface area (Å²) in [5, 5.41) is 0. The lowest BCUT2D eigenvalue weighted by Gasteiger charge is -1.87. The van der Waals surface area contributed by atoms with E-state index in [0.717, 1.165) is 0 Å². The van der Waals surface area contributed by atoms with Gasteiger partial charge in [-0.2, -0.15) is 0 Å². The van der Waals surface area contributed by atoms with E-state index < -0.39 is 11.9 Å². The van der Waals surface area contributed by atoms with Gasteiger partial charge in [-0.3, -0.25) is 9.59 Å². The molecule has 0 aromatic carbocycles. The number of carbonyl (C=O) groups excluding carboxylic acids is 2. The summed E-state index contributed by atoms with van der Waals surface area (Å²) in [7, 11) is 0. The molecule has 0 heterocycles. The number of esters is 2. The minimum absolute atomic E-state index is 0.562. The van der Waals surface area contributed by atoms with Crippen molar-refractivity contribution in [3.8, 4) is 0 Å². The van der Waals surface area contributed by atoms with E-state index in [1.54, 1.807) is 0 Å². The quantitative estimate of drug-likeness (QED) is 0.380. The molecule has 1 fully saturated rings. The Morgan fingerprint density at radius 1 is 1.00 bits per heavy atom. The Hall–Kier alpha value is -0.860. The summed E-state index contributed by atoms with van der Waals surface area (Å²) in [6.45, 7) is 2.36. The highest BCUT2D eigenvalue weighted by molar-refractivity contribution is 5.82. The molecule has 1 aliphatic carbocycles. The predicted molar refractivity (Wildman–Crippen MR) is 36.3 cm³/mol. The Morgan fingerprint density at radius 2 is 1.30 bits per heavy atom. The van der Waals surface area contributed by atoms with Gasteiger partial charge in [0.05, 0.1) is 0 Å². The maximum atomic E-state index is 9.81. The van der Waals surface area contributed by atoms with Gasteiger partial charge in [0, 0.05) is 13.8 Å². The van der Waals surface area contributed by atoms with Crippen molar-refractivity contribution < 1.29 is 14.3 Å². The van der Waals surface area contributed by atoms with Crippen LogP contribution in [0.5, 0.6) is 0 Å². The van der Waals surface area contributed by atoms with Crippen LogP contribution in [0.3, 0.4) is 0 Å². The van der Waals surface area contributed by atoms with Crippen LogP contribution >= 0.6 is 0 Å². The number of rotatable bonds is 0. The van der Waals surface area contributed by atoms with Crippen LogP contribution in [0.25, 0.3) is 0 Å². The largest absolute Gasteiger partial charge is 0.394 e. The molecular formula is C7H12O3. The van der Waals surface area contributed by atoms with Gasteiger partial charge >= 0.3 is 11.9 Å². The van der Waals surface area contributed by atoms with Crippen molar-refractivity contribution in [2.45, 2.75) is 33.1 Å². The fourth-order valence-electron chi connectivity index (χ4n) is 0.202. The van der Waals surface area contributed by atoms with E-state index in [-0.39, 0.29) is 0 Å². The molecule has 0 atom stereocenters. The molecule has 3 nitrogen and oxygen atoms in total. The molecule has 0 bridgehead atoms. The molecule has 0 radical (unpaired) electrons. The SMILES string of the molecule is C1CC1.CC(=O)OC(C)=O. The molecule has 1 saturated carbocycles. The molecule has 0 N–H and O–H groups in total. The molecular weight excluding hydrogens is 132 g/mol. The number of carbonyl (C=O) groups is 2. The lowest BCUT2D eigenvalue weighted by Crippen LogP contribution is -2.03. The zero-order valence-corrected chi connectivity index (χ0v) is 6.35. The van der Waals surface area contributed by atoms with Crippen molar-refractivity contribution in [2.24, 2.45) is 0 Å². The number of hydrogen-bond acceptors (Lipinski definition) is 3. The van der Waals surface area contributed by atoms with Gasteiger partial charge in [0.2, 0.25) is 0 Å². The van der Waals surface area contributed by atoms with Gasteiger partial charge in [0.15, 0.2) is 0 Å². The fraction of sp³-hybridized carbons (Fsp3) is 0.714. The van der Waals surface area contributed by atoms with Crippen molar-refractivity contribution in [3.05, 3.63) is 0 Å². The van der Waals surface area contributed by atoms with Crippen molar-refractivity contribution in [3.63, 3.8) is 0 Å². The Balaban J connectivity index is 0.000000219. The van der Waals surface area contributed by atoms with Crippen LogP contribution in [0.2, 0.25) is 0 Å². The van der Waals surface area contributed by atoms with Gasteiger partial charge in [-0.1, -0.05) is 19.3 Å². The average Bonchev–Trinajstić information content (AvgIpc) is 2.38. The van der Waals surface area contributed by atoms with Crippen molar-refractivity contribution in [1.82, 2.24) is 0 Å². The van der Waals surface area contributed by atoms with Crippen LogP contribution in [0.15, 0.2) is 0 Å². The Bertz CT molecular complexity index is 112. The first-order valence-electron chi connectivity index (χ1n) is 3.32. The van der Waals surface area contributed by atoms with Crippen molar-refractivity contribution in [1.29, 1.82) is 0 Å². The number of hydrogen-bond donors (Lipinski definition) is 0. The lowest BCUT2D eigenvalue weighted by atomic mass is 10.7. The van der Waals surface area contributed by atoms with Crippen molar-refractivity contribution >= 4 is 11.9 Å². The summed E-state index contributed by atoms with van der Waals surface area (Å²) >= 11 is 0. The van der Waals surface area contributed by atoms with E-state index in [9.17, 15) is 9.59 Å². The standard InChI is InChI=1S/C4H6O3.C3H6/c1-3(5)7-4(2)6;1-2-3-1/h1-2H3;1-3H2. The first-order valence-corrected chi connectivity index (χ1v) is 3.32. The topological polar surface area (TPSA) is 43.4 Å². The Kier molecular flexibility index (Phi) is 4.54.